The summed E-state index contributed by atoms with van der Waals surface area (Å²) in [5.41, 5.74) is 1.59. The maximum Gasteiger partial charge on any atom is 0.182 e. The van der Waals surface area contributed by atoms with E-state index in [1.807, 2.05) is 30.8 Å². The third kappa shape index (κ3) is 3.86. The fourth-order valence-electron chi connectivity index (χ4n) is 3.85. The Labute approximate surface area is 169 Å². The zero-order chi connectivity index (χ0) is 20.4. The molecule has 1 aromatic carbocycles. The minimum Gasteiger partial charge on any atom is -0.357 e. The largest absolute Gasteiger partial charge is 0.357 e. The Morgan fingerprint density at radius 1 is 1.21 bits per heavy atom. The summed E-state index contributed by atoms with van der Waals surface area (Å²) in [7, 11) is 5.53. The summed E-state index contributed by atoms with van der Waals surface area (Å²) in [4.78, 5) is 4.46. The highest BCUT2D eigenvalue weighted by Crippen LogP contribution is 2.24. The minimum atomic E-state index is -0.212. The van der Waals surface area contributed by atoms with Crippen LogP contribution in [-0.2, 0) is 20.6 Å². The van der Waals surface area contributed by atoms with Gasteiger partial charge in [0, 0.05) is 46.8 Å². The summed E-state index contributed by atoms with van der Waals surface area (Å²) in [6.45, 7) is 2.66. The van der Waals surface area contributed by atoms with Crippen LogP contribution in [0.25, 0.3) is 0 Å². The lowest BCUT2D eigenvalue weighted by molar-refractivity contribution is 0.203. The summed E-state index contributed by atoms with van der Waals surface area (Å²) < 4.78 is 17.0. The molecule has 0 radical (unpaired) electrons. The van der Waals surface area contributed by atoms with Gasteiger partial charge in [0.05, 0.1) is 0 Å². The van der Waals surface area contributed by atoms with Crippen LogP contribution in [0.3, 0.4) is 0 Å². The van der Waals surface area contributed by atoms with E-state index in [-0.39, 0.29) is 17.3 Å². The van der Waals surface area contributed by atoms with E-state index >= 15 is 0 Å². The summed E-state index contributed by atoms with van der Waals surface area (Å²) in [6, 6.07) is 9.11. The lowest BCUT2D eigenvalue weighted by atomic mass is 10.0. The van der Waals surface area contributed by atoms with E-state index in [9.17, 15) is 9.65 Å². The molecular formula is C20H25FN6S. The van der Waals surface area contributed by atoms with Gasteiger partial charge in [-0.2, -0.15) is 5.26 Å². The molecular weight excluding hydrogens is 375 g/mol. The molecule has 0 atom stereocenters. The van der Waals surface area contributed by atoms with Crippen LogP contribution in [0.1, 0.15) is 24.0 Å². The third-order valence-electron chi connectivity index (χ3n) is 5.56. The van der Waals surface area contributed by atoms with Gasteiger partial charge in [-0.3, -0.25) is 10.3 Å². The molecule has 0 aliphatic carbocycles. The molecule has 1 aromatic heterocycles. The van der Waals surface area contributed by atoms with Crippen LogP contribution in [0.4, 0.5) is 10.2 Å². The van der Waals surface area contributed by atoms with E-state index in [0.29, 0.717) is 16.2 Å². The first-order valence-corrected chi connectivity index (χ1v) is 9.68. The first kappa shape index (κ1) is 20.2. The van der Waals surface area contributed by atoms with Crippen LogP contribution in [0.2, 0.25) is 0 Å². The van der Waals surface area contributed by atoms with Crippen molar-refractivity contribution in [2.75, 3.05) is 25.0 Å². The molecule has 0 bridgehead atoms. The van der Waals surface area contributed by atoms with Crippen molar-refractivity contribution >= 4 is 18.0 Å². The first-order chi connectivity index (χ1) is 13.3. The molecule has 1 N–H and O–H groups in total. The van der Waals surface area contributed by atoms with Crippen LogP contribution < -0.4 is 10.4 Å². The van der Waals surface area contributed by atoms with Crippen LogP contribution in [0.5, 0.6) is 0 Å². The van der Waals surface area contributed by atoms with Crippen molar-refractivity contribution in [3.63, 3.8) is 0 Å². The molecule has 1 saturated heterocycles. The molecule has 1 aliphatic rings. The highest BCUT2D eigenvalue weighted by molar-refractivity contribution is 7.71. The maximum atomic E-state index is 13.1. The second kappa shape index (κ2) is 8.25. The smallest absolute Gasteiger partial charge is 0.182 e. The maximum absolute atomic E-state index is 13.1. The van der Waals surface area contributed by atoms with E-state index in [2.05, 4.69) is 15.9 Å². The van der Waals surface area contributed by atoms with Crippen LogP contribution in [0.15, 0.2) is 24.3 Å². The van der Waals surface area contributed by atoms with E-state index in [1.54, 1.807) is 11.6 Å². The lowest BCUT2D eigenvalue weighted by Crippen LogP contribution is -2.45. The van der Waals surface area contributed by atoms with E-state index in [1.165, 1.54) is 12.1 Å². The van der Waals surface area contributed by atoms with Gasteiger partial charge in [0.25, 0.3) is 0 Å². The SMILES string of the molecule is CN(c1c(C#N)c(=N)n(C)c(=S)n1C)C1CCN(Cc2ccc(F)cc2)CC1. The zero-order valence-corrected chi connectivity index (χ0v) is 17.3. The quantitative estimate of drug-likeness (QED) is 0.802. The molecule has 3 rings (SSSR count). The number of nitrogens with one attached hydrogen (secondary N) is 1. The van der Waals surface area contributed by atoms with Gasteiger partial charge in [-0.15, -0.1) is 0 Å². The molecule has 1 aliphatic heterocycles. The number of anilines is 1. The highest BCUT2D eigenvalue weighted by atomic mass is 32.1. The predicted molar refractivity (Wildman–Crippen MR) is 109 cm³/mol. The molecule has 0 unspecified atom stereocenters. The molecule has 0 saturated carbocycles. The Morgan fingerprint density at radius 2 is 1.82 bits per heavy atom. The van der Waals surface area contributed by atoms with Gasteiger partial charge in [0.15, 0.2) is 4.77 Å². The number of hydrogen-bond donors (Lipinski definition) is 1. The molecule has 2 aromatic rings. The van der Waals surface area contributed by atoms with E-state index < -0.39 is 0 Å². The van der Waals surface area contributed by atoms with Gasteiger partial charge in [-0.1, -0.05) is 12.1 Å². The van der Waals surface area contributed by atoms with E-state index in [0.717, 1.165) is 38.0 Å². The molecule has 1 fully saturated rings. The molecule has 2 heterocycles. The van der Waals surface area contributed by atoms with Crippen molar-refractivity contribution in [1.82, 2.24) is 14.0 Å². The lowest BCUT2D eigenvalue weighted by Gasteiger charge is -2.38. The topological polar surface area (TPSA) is 64.0 Å². The van der Waals surface area contributed by atoms with E-state index in [4.69, 9.17) is 17.6 Å². The van der Waals surface area contributed by atoms with Crippen molar-refractivity contribution in [3.8, 4) is 6.07 Å². The highest BCUT2D eigenvalue weighted by Gasteiger charge is 2.26. The second-order valence-electron chi connectivity index (χ2n) is 7.30. The number of nitrogens with zero attached hydrogens (tertiary/aromatic N) is 5. The summed E-state index contributed by atoms with van der Waals surface area (Å²) in [6.07, 6.45) is 1.90. The normalized spacial score (nSPS) is 15.4. The van der Waals surface area contributed by atoms with Gasteiger partial charge in [-0.05, 0) is 42.8 Å². The number of likely N-dealkylation sites (tertiary alicyclic amines) is 1. The molecule has 28 heavy (non-hydrogen) atoms. The zero-order valence-electron chi connectivity index (χ0n) is 16.4. The van der Waals surface area contributed by atoms with Crippen LogP contribution in [0, 0.1) is 27.3 Å². The Balaban J connectivity index is 1.75. The number of benzene rings is 1. The average Bonchev–Trinajstić information content (AvgIpc) is 2.70. The van der Waals surface area contributed by atoms with Crippen molar-refractivity contribution < 1.29 is 4.39 Å². The van der Waals surface area contributed by atoms with Gasteiger partial charge >= 0.3 is 0 Å². The summed E-state index contributed by atoms with van der Waals surface area (Å²) in [5, 5.41) is 17.9. The number of piperidine rings is 1. The van der Waals surface area contributed by atoms with Gasteiger partial charge in [-0.25, -0.2) is 4.39 Å². The Morgan fingerprint density at radius 3 is 2.39 bits per heavy atom. The molecule has 0 spiro atoms. The van der Waals surface area contributed by atoms with Crippen molar-refractivity contribution in [3.05, 3.63) is 51.5 Å². The first-order valence-electron chi connectivity index (χ1n) is 9.27. The number of nitriles is 1. The van der Waals surface area contributed by atoms with Gasteiger partial charge in [0.2, 0.25) is 0 Å². The third-order valence-corrected chi connectivity index (χ3v) is 6.11. The predicted octanol–water partition coefficient (Wildman–Crippen LogP) is 2.68. The van der Waals surface area contributed by atoms with Crippen molar-refractivity contribution in [1.29, 1.82) is 10.7 Å². The van der Waals surface area contributed by atoms with Crippen LogP contribution >= 0.6 is 12.2 Å². The second-order valence-corrected chi connectivity index (χ2v) is 7.67. The number of aromatic nitrogens is 2. The fourth-order valence-corrected chi connectivity index (χ4v) is 4.03. The van der Waals surface area contributed by atoms with Crippen molar-refractivity contribution in [2.24, 2.45) is 14.1 Å². The van der Waals surface area contributed by atoms with Gasteiger partial charge < -0.3 is 14.0 Å². The minimum absolute atomic E-state index is 0.140. The fraction of sp³-hybridized carbons (Fsp3) is 0.450. The van der Waals surface area contributed by atoms with Crippen molar-refractivity contribution in [2.45, 2.75) is 25.4 Å². The molecule has 8 heteroatoms. The molecule has 0 amide bonds. The Bertz CT molecular complexity index is 1010. The number of hydrogen-bond acceptors (Lipinski definition) is 5. The number of halogens is 1. The Kier molecular flexibility index (Phi) is 5.96. The Hall–Kier alpha value is -2.50. The summed E-state index contributed by atoms with van der Waals surface area (Å²) >= 11 is 5.43. The monoisotopic (exact) mass is 400 g/mol. The average molecular weight is 401 g/mol. The van der Waals surface area contributed by atoms with Crippen LogP contribution in [-0.4, -0.2) is 40.2 Å². The van der Waals surface area contributed by atoms with Gasteiger partial charge in [0.1, 0.15) is 28.8 Å². The summed E-state index contributed by atoms with van der Waals surface area (Å²) in [5.74, 6) is 0.490. The standard InChI is InChI=1S/C20H25FN6S/c1-24(19-17(12-22)18(23)25(2)20(28)26(19)3)16-8-10-27(11-9-16)13-14-4-6-15(21)7-5-14/h4-7,16,23H,8-11,13H2,1-3H3. The number of rotatable bonds is 4. The molecule has 6 nitrogen and oxygen atoms in total. The molecule has 148 valence electrons.